The Kier molecular flexibility index (Phi) is 3.29. The van der Waals surface area contributed by atoms with E-state index in [9.17, 15) is 4.79 Å². The molecular weight excluding hydrogens is 286 g/mol. The number of aromatic amines is 1. The van der Waals surface area contributed by atoms with E-state index in [-0.39, 0.29) is 11.2 Å². The van der Waals surface area contributed by atoms with Crippen molar-refractivity contribution >= 4 is 28.9 Å². The molecule has 2 aromatic rings. The van der Waals surface area contributed by atoms with Gasteiger partial charge in [-0.15, -0.1) is 0 Å². The number of aromatic nitrogens is 2. The standard InChI is InChI=1S/C16H18ClN3O/c1-9-4-5-11(10(17)6-9)18-15-14-12(19-20-15)7-16(2,3)8-13(14)21/h4-6H,7-8H2,1-3H3,(H2,18,19,20). The number of H-pyrrole nitrogens is 1. The van der Waals surface area contributed by atoms with Crippen LogP contribution in [0.15, 0.2) is 18.2 Å². The smallest absolute Gasteiger partial charge is 0.169 e. The van der Waals surface area contributed by atoms with Crippen molar-refractivity contribution in [3.05, 3.63) is 40.0 Å². The van der Waals surface area contributed by atoms with Gasteiger partial charge in [0.25, 0.3) is 0 Å². The Bertz CT molecular complexity index is 718. The number of halogens is 1. The molecule has 2 N–H and O–H groups in total. The van der Waals surface area contributed by atoms with E-state index in [2.05, 4.69) is 29.4 Å². The molecule has 1 aliphatic carbocycles. The van der Waals surface area contributed by atoms with Crippen molar-refractivity contribution in [1.82, 2.24) is 10.2 Å². The lowest BCUT2D eigenvalue weighted by molar-refractivity contribution is 0.0912. The summed E-state index contributed by atoms with van der Waals surface area (Å²) in [7, 11) is 0. The first-order chi connectivity index (χ1) is 9.85. The van der Waals surface area contributed by atoms with E-state index >= 15 is 0 Å². The van der Waals surface area contributed by atoms with Crippen LogP contribution < -0.4 is 5.32 Å². The third-order valence-electron chi connectivity index (χ3n) is 3.79. The molecule has 21 heavy (non-hydrogen) atoms. The molecule has 1 aromatic carbocycles. The van der Waals surface area contributed by atoms with Crippen molar-refractivity contribution in [2.24, 2.45) is 5.41 Å². The number of benzene rings is 1. The lowest BCUT2D eigenvalue weighted by Gasteiger charge is -2.27. The maximum atomic E-state index is 12.4. The number of nitrogens with one attached hydrogen (secondary N) is 2. The van der Waals surface area contributed by atoms with Gasteiger partial charge in [-0.3, -0.25) is 9.89 Å². The van der Waals surface area contributed by atoms with Gasteiger partial charge in [0.05, 0.1) is 16.3 Å². The lowest BCUT2D eigenvalue weighted by Crippen LogP contribution is -2.26. The SMILES string of the molecule is Cc1ccc(Nc2n[nH]c3c2C(=O)CC(C)(C)C3)c(Cl)c1. The van der Waals surface area contributed by atoms with Gasteiger partial charge in [0.1, 0.15) is 0 Å². The maximum Gasteiger partial charge on any atom is 0.169 e. The molecular formula is C16H18ClN3O. The van der Waals surface area contributed by atoms with Crippen LogP contribution in [-0.4, -0.2) is 16.0 Å². The summed E-state index contributed by atoms with van der Waals surface area (Å²) in [4.78, 5) is 12.4. The van der Waals surface area contributed by atoms with E-state index in [0.29, 0.717) is 22.8 Å². The highest BCUT2D eigenvalue weighted by molar-refractivity contribution is 6.33. The number of hydrogen-bond acceptors (Lipinski definition) is 3. The van der Waals surface area contributed by atoms with Gasteiger partial charge in [-0.2, -0.15) is 5.10 Å². The van der Waals surface area contributed by atoms with Gasteiger partial charge in [0.2, 0.25) is 0 Å². The monoisotopic (exact) mass is 303 g/mol. The van der Waals surface area contributed by atoms with Gasteiger partial charge in [0.15, 0.2) is 11.6 Å². The average Bonchev–Trinajstić information content (AvgIpc) is 2.74. The summed E-state index contributed by atoms with van der Waals surface area (Å²) in [6.07, 6.45) is 1.36. The third kappa shape index (κ3) is 2.68. The fourth-order valence-electron chi connectivity index (χ4n) is 2.81. The highest BCUT2D eigenvalue weighted by Gasteiger charge is 2.34. The van der Waals surface area contributed by atoms with Gasteiger partial charge >= 0.3 is 0 Å². The number of carbonyl (C=O) groups is 1. The van der Waals surface area contributed by atoms with Crippen LogP contribution in [0.3, 0.4) is 0 Å². The topological polar surface area (TPSA) is 57.8 Å². The van der Waals surface area contributed by atoms with Gasteiger partial charge in [-0.05, 0) is 36.5 Å². The van der Waals surface area contributed by atoms with Crippen LogP contribution in [0.5, 0.6) is 0 Å². The number of Topliss-reactive ketones (excluding diaryl/α,β-unsaturated/α-hetero) is 1. The summed E-state index contributed by atoms with van der Waals surface area (Å²) in [6.45, 7) is 6.18. The summed E-state index contributed by atoms with van der Waals surface area (Å²) in [5, 5.41) is 11.0. The number of hydrogen-bond donors (Lipinski definition) is 2. The van der Waals surface area contributed by atoms with Crippen LogP contribution in [0.4, 0.5) is 11.5 Å². The summed E-state index contributed by atoms with van der Waals surface area (Å²) in [5.41, 5.74) is 3.41. The largest absolute Gasteiger partial charge is 0.337 e. The predicted molar refractivity (Wildman–Crippen MR) is 84.5 cm³/mol. The minimum Gasteiger partial charge on any atom is -0.337 e. The Balaban J connectivity index is 1.95. The molecule has 110 valence electrons. The Hall–Kier alpha value is -1.81. The van der Waals surface area contributed by atoms with Crippen molar-refractivity contribution in [3.63, 3.8) is 0 Å². The number of aryl methyl sites for hydroxylation is 1. The molecule has 5 heteroatoms. The molecule has 1 aromatic heterocycles. The average molecular weight is 304 g/mol. The van der Waals surface area contributed by atoms with Gasteiger partial charge in [-0.25, -0.2) is 0 Å². The molecule has 1 aliphatic rings. The van der Waals surface area contributed by atoms with Crippen LogP contribution in [0.2, 0.25) is 5.02 Å². The second-order valence-electron chi connectivity index (χ2n) is 6.48. The Morgan fingerprint density at radius 3 is 2.81 bits per heavy atom. The Morgan fingerprint density at radius 2 is 2.10 bits per heavy atom. The predicted octanol–water partition coefficient (Wildman–Crippen LogP) is 4.27. The Morgan fingerprint density at radius 1 is 1.33 bits per heavy atom. The van der Waals surface area contributed by atoms with E-state index in [1.165, 1.54) is 0 Å². The molecule has 0 unspecified atom stereocenters. The maximum absolute atomic E-state index is 12.4. The molecule has 0 amide bonds. The van der Waals surface area contributed by atoms with Crippen molar-refractivity contribution in [2.45, 2.75) is 33.6 Å². The first kappa shape index (κ1) is 14.1. The highest BCUT2D eigenvalue weighted by Crippen LogP contribution is 2.37. The van der Waals surface area contributed by atoms with Crippen LogP contribution in [0, 0.1) is 12.3 Å². The van der Waals surface area contributed by atoms with Crippen LogP contribution in [0.25, 0.3) is 0 Å². The first-order valence-corrected chi connectivity index (χ1v) is 7.37. The van der Waals surface area contributed by atoms with Crippen LogP contribution >= 0.6 is 11.6 Å². The van der Waals surface area contributed by atoms with Crippen molar-refractivity contribution < 1.29 is 4.79 Å². The molecule has 0 saturated carbocycles. The van der Waals surface area contributed by atoms with Gasteiger partial charge in [-0.1, -0.05) is 31.5 Å². The molecule has 0 saturated heterocycles. The van der Waals surface area contributed by atoms with Crippen molar-refractivity contribution in [2.75, 3.05) is 5.32 Å². The minimum absolute atomic E-state index is 0.0185. The highest BCUT2D eigenvalue weighted by atomic mass is 35.5. The second-order valence-corrected chi connectivity index (χ2v) is 6.88. The van der Waals surface area contributed by atoms with Gasteiger partial charge < -0.3 is 5.32 Å². The van der Waals surface area contributed by atoms with E-state index in [4.69, 9.17) is 11.6 Å². The molecule has 0 spiro atoms. The van der Waals surface area contributed by atoms with Crippen molar-refractivity contribution in [1.29, 1.82) is 0 Å². The lowest BCUT2D eigenvalue weighted by atomic mass is 9.76. The molecule has 0 aliphatic heterocycles. The summed E-state index contributed by atoms with van der Waals surface area (Å²) in [5.74, 6) is 0.692. The molecule has 3 rings (SSSR count). The van der Waals surface area contributed by atoms with E-state index < -0.39 is 0 Å². The molecule has 0 atom stereocenters. The number of rotatable bonds is 2. The number of ketones is 1. The minimum atomic E-state index is -0.0185. The number of carbonyl (C=O) groups excluding carboxylic acids is 1. The molecule has 0 bridgehead atoms. The quantitative estimate of drug-likeness (QED) is 0.871. The molecule has 4 nitrogen and oxygen atoms in total. The van der Waals surface area contributed by atoms with Crippen molar-refractivity contribution in [3.8, 4) is 0 Å². The summed E-state index contributed by atoms with van der Waals surface area (Å²) in [6, 6.07) is 5.75. The zero-order valence-electron chi connectivity index (χ0n) is 12.4. The van der Waals surface area contributed by atoms with Crippen LogP contribution in [0.1, 0.15) is 41.9 Å². The number of fused-ring (bicyclic) bond motifs is 1. The zero-order chi connectivity index (χ0) is 15.2. The Labute approximate surface area is 128 Å². The summed E-state index contributed by atoms with van der Waals surface area (Å²) < 4.78 is 0. The summed E-state index contributed by atoms with van der Waals surface area (Å²) >= 11 is 6.23. The first-order valence-electron chi connectivity index (χ1n) is 6.99. The van der Waals surface area contributed by atoms with E-state index in [0.717, 1.165) is 23.4 Å². The second kappa shape index (κ2) is 4.88. The third-order valence-corrected chi connectivity index (χ3v) is 4.10. The number of anilines is 2. The zero-order valence-corrected chi connectivity index (χ0v) is 13.1. The molecule has 0 radical (unpaired) electrons. The molecule has 1 heterocycles. The fraction of sp³-hybridized carbons (Fsp3) is 0.375. The number of nitrogens with zero attached hydrogens (tertiary/aromatic N) is 1. The van der Waals surface area contributed by atoms with Gasteiger partial charge in [0, 0.05) is 12.1 Å². The van der Waals surface area contributed by atoms with E-state index in [1.54, 1.807) is 0 Å². The fourth-order valence-corrected chi connectivity index (χ4v) is 3.09. The van der Waals surface area contributed by atoms with Crippen LogP contribution in [-0.2, 0) is 6.42 Å². The normalized spacial score (nSPS) is 16.7. The molecule has 0 fully saturated rings. The van der Waals surface area contributed by atoms with E-state index in [1.807, 2.05) is 25.1 Å².